The second-order valence-electron chi connectivity index (χ2n) is 5.36. The van der Waals surface area contributed by atoms with Gasteiger partial charge in [0.2, 0.25) is 0 Å². The van der Waals surface area contributed by atoms with E-state index < -0.39 is 6.09 Å². The van der Waals surface area contributed by atoms with Crippen molar-refractivity contribution in [3.05, 3.63) is 16.8 Å². The fourth-order valence-electron chi connectivity index (χ4n) is 2.68. The van der Waals surface area contributed by atoms with E-state index in [1.54, 1.807) is 11.3 Å². The molecular formula is C15H20N4O2S. The predicted octanol–water partition coefficient (Wildman–Crippen LogP) is 2.62. The summed E-state index contributed by atoms with van der Waals surface area (Å²) in [5, 5.41) is 10.2. The molecule has 1 aliphatic heterocycles. The summed E-state index contributed by atoms with van der Waals surface area (Å²) in [6.45, 7) is 6.60. The minimum atomic E-state index is -0.842. The average Bonchev–Trinajstić information content (AvgIpc) is 2.97. The van der Waals surface area contributed by atoms with E-state index in [9.17, 15) is 4.79 Å². The lowest BCUT2D eigenvalue weighted by atomic mass is 10.2. The minimum absolute atomic E-state index is 0.521. The number of amides is 1. The monoisotopic (exact) mass is 320 g/mol. The lowest BCUT2D eigenvalue weighted by Gasteiger charge is -2.34. The summed E-state index contributed by atoms with van der Waals surface area (Å²) < 4.78 is 0. The topological polar surface area (TPSA) is 69.6 Å². The lowest BCUT2D eigenvalue weighted by molar-refractivity contribution is 0.142. The molecule has 2 aromatic rings. The number of thiophene rings is 1. The average molecular weight is 320 g/mol. The fraction of sp³-hybridized carbons (Fsp3) is 0.533. The van der Waals surface area contributed by atoms with Crippen LogP contribution in [-0.2, 0) is 12.8 Å². The Kier molecular flexibility index (Phi) is 4.15. The highest BCUT2D eigenvalue weighted by Gasteiger charge is 2.23. The van der Waals surface area contributed by atoms with Crippen LogP contribution < -0.4 is 4.90 Å². The predicted molar refractivity (Wildman–Crippen MR) is 88.0 cm³/mol. The Morgan fingerprint density at radius 2 is 1.95 bits per heavy atom. The van der Waals surface area contributed by atoms with E-state index in [0.717, 1.165) is 34.7 Å². The highest BCUT2D eigenvalue weighted by atomic mass is 32.1. The molecule has 1 amide bonds. The maximum Gasteiger partial charge on any atom is 0.407 e. The van der Waals surface area contributed by atoms with Crippen LogP contribution >= 0.6 is 11.3 Å². The first-order chi connectivity index (χ1) is 10.6. The molecule has 6 nitrogen and oxygen atoms in total. The van der Waals surface area contributed by atoms with Crippen LogP contribution in [0.3, 0.4) is 0 Å². The SMILES string of the molecule is CCc1nc(N2CCN(C(=O)O)CC2)c2cc(CC)sc2n1. The van der Waals surface area contributed by atoms with Gasteiger partial charge in [0.05, 0.1) is 5.39 Å². The van der Waals surface area contributed by atoms with Gasteiger partial charge in [0.25, 0.3) is 0 Å². The van der Waals surface area contributed by atoms with Gasteiger partial charge in [-0.25, -0.2) is 14.8 Å². The van der Waals surface area contributed by atoms with Crippen LogP contribution in [0.2, 0.25) is 0 Å². The second-order valence-corrected chi connectivity index (χ2v) is 6.47. The molecule has 0 atom stereocenters. The number of aryl methyl sites for hydroxylation is 2. The highest BCUT2D eigenvalue weighted by Crippen LogP contribution is 2.32. The van der Waals surface area contributed by atoms with Gasteiger partial charge in [-0.05, 0) is 12.5 Å². The van der Waals surface area contributed by atoms with Crippen LogP contribution in [-0.4, -0.2) is 52.2 Å². The van der Waals surface area contributed by atoms with Gasteiger partial charge in [0.1, 0.15) is 16.5 Å². The normalized spacial score (nSPS) is 15.5. The molecule has 0 radical (unpaired) electrons. The van der Waals surface area contributed by atoms with Gasteiger partial charge in [-0.2, -0.15) is 0 Å². The van der Waals surface area contributed by atoms with Crippen LogP contribution in [0, 0.1) is 0 Å². The van der Waals surface area contributed by atoms with Crippen molar-refractivity contribution < 1.29 is 9.90 Å². The first kappa shape index (κ1) is 15.0. The van der Waals surface area contributed by atoms with Crippen LogP contribution in [0.5, 0.6) is 0 Å². The van der Waals surface area contributed by atoms with E-state index >= 15 is 0 Å². The van der Waals surface area contributed by atoms with E-state index in [1.807, 2.05) is 0 Å². The Balaban J connectivity index is 1.95. The van der Waals surface area contributed by atoms with Crippen LogP contribution in [0.1, 0.15) is 24.5 Å². The molecule has 22 heavy (non-hydrogen) atoms. The Bertz CT molecular complexity index is 692. The number of hydrogen-bond acceptors (Lipinski definition) is 5. The third-order valence-corrected chi connectivity index (χ3v) is 5.16. The number of hydrogen-bond donors (Lipinski definition) is 1. The largest absolute Gasteiger partial charge is 0.465 e. The summed E-state index contributed by atoms with van der Waals surface area (Å²) in [6, 6.07) is 2.18. The third kappa shape index (κ3) is 2.72. The third-order valence-electron chi connectivity index (χ3n) is 3.98. The van der Waals surface area contributed by atoms with Gasteiger partial charge >= 0.3 is 6.09 Å². The zero-order valence-corrected chi connectivity index (χ0v) is 13.7. The molecule has 2 aromatic heterocycles. The molecule has 1 saturated heterocycles. The number of carbonyl (C=O) groups is 1. The zero-order chi connectivity index (χ0) is 15.7. The number of anilines is 1. The molecule has 0 bridgehead atoms. The highest BCUT2D eigenvalue weighted by molar-refractivity contribution is 7.18. The maximum absolute atomic E-state index is 11.0. The van der Waals surface area contributed by atoms with E-state index in [1.165, 1.54) is 9.78 Å². The maximum atomic E-state index is 11.0. The summed E-state index contributed by atoms with van der Waals surface area (Å²) in [4.78, 5) is 26.4. The van der Waals surface area contributed by atoms with Crippen molar-refractivity contribution in [1.29, 1.82) is 0 Å². The van der Waals surface area contributed by atoms with Gasteiger partial charge in [-0.3, -0.25) is 0 Å². The molecular weight excluding hydrogens is 300 g/mol. The Labute approximate surface area is 133 Å². The minimum Gasteiger partial charge on any atom is -0.465 e. The van der Waals surface area contributed by atoms with Crippen LogP contribution in [0.4, 0.5) is 10.6 Å². The Morgan fingerprint density at radius 1 is 1.23 bits per heavy atom. The number of carboxylic acid groups (broad SMARTS) is 1. The molecule has 1 aliphatic rings. The van der Waals surface area contributed by atoms with E-state index in [4.69, 9.17) is 10.1 Å². The van der Waals surface area contributed by atoms with Crippen LogP contribution in [0.25, 0.3) is 10.2 Å². The first-order valence-electron chi connectivity index (χ1n) is 7.64. The molecule has 0 unspecified atom stereocenters. The molecule has 0 aromatic carbocycles. The standard InChI is InChI=1S/C15H20N4O2S/c1-3-10-9-11-13(16-12(4-2)17-14(11)22-10)18-5-7-19(8-6-18)15(20)21/h9H,3-8H2,1-2H3,(H,20,21). The molecule has 3 heterocycles. The van der Waals surface area contributed by atoms with E-state index in [0.29, 0.717) is 26.2 Å². The quantitative estimate of drug-likeness (QED) is 0.941. The van der Waals surface area contributed by atoms with Crippen LogP contribution in [0.15, 0.2) is 6.07 Å². The molecule has 0 spiro atoms. The number of aromatic nitrogens is 2. The van der Waals surface area contributed by atoms with Crippen molar-refractivity contribution in [3.8, 4) is 0 Å². The molecule has 0 saturated carbocycles. The summed E-state index contributed by atoms with van der Waals surface area (Å²) in [7, 11) is 0. The number of nitrogens with zero attached hydrogens (tertiary/aromatic N) is 4. The Morgan fingerprint density at radius 3 is 2.55 bits per heavy atom. The van der Waals surface area contributed by atoms with E-state index in [2.05, 4.69) is 29.8 Å². The number of fused-ring (bicyclic) bond motifs is 1. The van der Waals surface area contributed by atoms with Crippen molar-refractivity contribution in [2.75, 3.05) is 31.1 Å². The first-order valence-corrected chi connectivity index (χ1v) is 8.46. The Hall–Kier alpha value is -1.89. The summed E-state index contributed by atoms with van der Waals surface area (Å²) in [5.41, 5.74) is 0. The summed E-state index contributed by atoms with van der Waals surface area (Å²) >= 11 is 1.73. The van der Waals surface area contributed by atoms with Gasteiger partial charge in [-0.1, -0.05) is 13.8 Å². The summed E-state index contributed by atoms with van der Waals surface area (Å²) in [5.74, 6) is 1.82. The number of piperazine rings is 1. The van der Waals surface area contributed by atoms with Crippen molar-refractivity contribution in [2.45, 2.75) is 26.7 Å². The van der Waals surface area contributed by atoms with Crippen molar-refractivity contribution in [1.82, 2.24) is 14.9 Å². The zero-order valence-electron chi connectivity index (χ0n) is 12.9. The molecule has 0 aliphatic carbocycles. The number of rotatable bonds is 3. The van der Waals surface area contributed by atoms with E-state index in [-0.39, 0.29) is 0 Å². The molecule has 118 valence electrons. The van der Waals surface area contributed by atoms with Gasteiger partial charge in [0.15, 0.2) is 0 Å². The van der Waals surface area contributed by atoms with Gasteiger partial charge in [0, 0.05) is 37.5 Å². The lowest BCUT2D eigenvalue weighted by Crippen LogP contribution is -2.48. The second kappa shape index (κ2) is 6.08. The molecule has 7 heteroatoms. The molecule has 3 rings (SSSR count). The van der Waals surface area contributed by atoms with Crippen molar-refractivity contribution in [3.63, 3.8) is 0 Å². The molecule has 1 fully saturated rings. The van der Waals surface area contributed by atoms with Gasteiger partial charge in [-0.15, -0.1) is 11.3 Å². The molecule has 1 N–H and O–H groups in total. The van der Waals surface area contributed by atoms with Crippen molar-refractivity contribution >= 4 is 33.5 Å². The van der Waals surface area contributed by atoms with Gasteiger partial charge < -0.3 is 14.9 Å². The van der Waals surface area contributed by atoms with Crippen molar-refractivity contribution in [2.24, 2.45) is 0 Å². The smallest absolute Gasteiger partial charge is 0.407 e. The summed E-state index contributed by atoms with van der Waals surface area (Å²) in [6.07, 6.45) is 0.956. The fourth-order valence-corrected chi connectivity index (χ4v) is 3.66.